The minimum atomic E-state index is -0.784. The molecule has 0 radical (unpaired) electrons. The van der Waals surface area contributed by atoms with Crippen molar-refractivity contribution in [3.8, 4) is 0 Å². The van der Waals surface area contributed by atoms with Crippen LogP contribution in [0, 0.1) is 0 Å². The van der Waals surface area contributed by atoms with Crippen molar-refractivity contribution >= 4 is 28.9 Å². The van der Waals surface area contributed by atoms with Crippen LogP contribution < -0.4 is 0 Å². The molecule has 0 amide bonds. The van der Waals surface area contributed by atoms with Crippen LogP contribution in [0.4, 0.5) is 0 Å². The zero-order valence-corrected chi connectivity index (χ0v) is 33.3. The second-order valence-corrected chi connectivity index (χ2v) is 13.7. The van der Waals surface area contributed by atoms with Gasteiger partial charge in [0, 0.05) is 25.8 Å². The fraction of sp³-hybridized carbons (Fsp3) is 0.854. The van der Waals surface area contributed by atoms with E-state index in [-0.39, 0.29) is 28.9 Å². The van der Waals surface area contributed by atoms with Gasteiger partial charge >= 0.3 is 11.9 Å². The molecule has 0 aliphatic heterocycles. The third-order valence-electron chi connectivity index (χ3n) is 8.62. The molecule has 0 bridgehead atoms. The Bertz CT molecular complexity index is 670. The zero-order valence-electron chi connectivity index (χ0n) is 31.6. The number of rotatable bonds is 35. The van der Waals surface area contributed by atoms with Crippen LogP contribution in [-0.4, -0.2) is 43.8 Å². The Kier molecular flexibility index (Phi) is 40.1. The molecule has 0 aromatic heterocycles. The van der Waals surface area contributed by atoms with Gasteiger partial charge in [0.2, 0.25) is 6.29 Å². The highest BCUT2D eigenvalue weighted by atomic mass is 79.9. The molecule has 0 saturated carbocycles. The summed E-state index contributed by atoms with van der Waals surface area (Å²) in [4.78, 5) is 27.0. The molecular weight excluding hydrogens is 650 g/mol. The third kappa shape index (κ3) is 39.2. The summed E-state index contributed by atoms with van der Waals surface area (Å²) in [5.41, 5.74) is 0. The van der Waals surface area contributed by atoms with Crippen LogP contribution in [0.25, 0.3) is 0 Å². The van der Waals surface area contributed by atoms with Crippen molar-refractivity contribution in [2.45, 2.75) is 206 Å². The van der Waals surface area contributed by atoms with Gasteiger partial charge in [0.25, 0.3) is 0 Å². The SMILES string of the molecule is Br.CCCCCCCC/C=C\CCCCCCCC(=O)OC(CCN(C)C)OC(=O)CCCCCCC/C=C\CCCCCCCC. The first-order chi connectivity index (χ1) is 22.5. The molecule has 0 N–H and O–H groups in total. The van der Waals surface area contributed by atoms with Crippen LogP contribution in [0.5, 0.6) is 0 Å². The molecule has 0 fully saturated rings. The van der Waals surface area contributed by atoms with E-state index in [1.807, 2.05) is 19.0 Å². The second-order valence-electron chi connectivity index (χ2n) is 13.7. The van der Waals surface area contributed by atoms with E-state index < -0.39 is 6.29 Å². The standard InChI is InChI=1S/C41H77NO4.BrH/c1-5-7-9-11-13-15-17-19-21-23-25-27-29-31-33-35-39(43)45-41(37-38-42(3)4)46-40(44)36-34-32-30-28-26-24-22-20-18-16-14-12-10-8-6-2;/h19-22,41H,5-18,23-38H2,1-4H3;1H/b21-19-,22-20-;. The summed E-state index contributed by atoms with van der Waals surface area (Å²) in [7, 11) is 3.94. The Hall–Kier alpha value is -1.14. The molecular formula is C41H78BrNO4. The van der Waals surface area contributed by atoms with Crippen molar-refractivity contribution < 1.29 is 19.1 Å². The summed E-state index contributed by atoms with van der Waals surface area (Å²) < 4.78 is 11.2. The van der Waals surface area contributed by atoms with E-state index in [1.165, 1.54) is 116 Å². The second kappa shape index (κ2) is 39.3. The largest absolute Gasteiger partial charge is 0.425 e. The molecule has 0 saturated heterocycles. The molecule has 0 unspecified atom stereocenters. The van der Waals surface area contributed by atoms with E-state index in [0.29, 0.717) is 25.8 Å². The predicted molar refractivity (Wildman–Crippen MR) is 208 cm³/mol. The van der Waals surface area contributed by atoms with Gasteiger partial charge in [0.1, 0.15) is 0 Å². The van der Waals surface area contributed by atoms with Crippen molar-refractivity contribution in [2.24, 2.45) is 0 Å². The Balaban J connectivity index is 0. The summed E-state index contributed by atoms with van der Waals surface area (Å²) in [6.07, 6.45) is 41.8. The molecule has 278 valence electrons. The van der Waals surface area contributed by atoms with Crippen LogP contribution in [0.3, 0.4) is 0 Å². The van der Waals surface area contributed by atoms with Gasteiger partial charge in [-0.1, -0.05) is 141 Å². The Morgan fingerprint density at radius 1 is 0.489 bits per heavy atom. The number of carbonyl (C=O) groups is 2. The number of ether oxygens (including phenoxy) is 2. The topological polar surface area (TPSA) is 55.8 Å². The highest BCUT2D eigenvalue weighted by molar-refractivity contribution is 8.93. The van der Waals surface area contributed by atoms with Gasteiger partial charge in [0.05, 0.1) is 0 Å². The normalized spacial score (nSPS) is 11.6. The minimum absolute atomic E-state index is 0. The van der Waals surface area contributed by atoms with Gasteiger partial charge < -0.3 is 14.4 Å². The monoisotopic (exact) mass is 728 g/mol. The van der Waals surface area contributed by atoms with Crippen molar-refractivity contribution in [1.29, 1.82) is 0 Å². The molecule has 0 aromatic rings. The Morgan fingerprint density at radius 2 is 0.787 bits per heavy atom. The highest BCUT2D eigenvalue weighted by Crippen LogP contribution is 2.14. The van der Waals surface area contributed by atoms with Crippen molar-refractivity contribution in [3.63, 3.8) is 0 Å². The average Bonchev–Trinajstić information content (AvgIpc) is 3.03. The first-order valence-corrected chi connectivity index (χ1v) is 19.8. The quantitative estimate of drug-likeness (QED) is 0.0281. The maximum absolute atomic E-state index is 12.5. The van der Waals surface area contributed by atoms with E-state index in [2.05, 4.69) is 38.2 Å². The number of carbonyl (C=O) groups excluding carboxylic acids is 2. The minimum Gasteiger partial charge on any atom is -0.425 e. The van der Waals surface area contributed by atoms with Crippen LogP contribution in [0.15, 0.2) is 24.3 Å². The number of hydrogen-bond acceptors (Lipinski definition) is 5. The van der Waals surface area contributed by atoms with E-state index in [1.54, 1.807) is 0 Å². The fourth-order valence-electron chi connectivity index (χ4n) is 5.60. The Morgan fingerprint density at radius 3 is 1.11 bits per heavy atom. The van der Waals surface area contributed by atoms with Crippen LogP contribution in [0.2, 0.25) is 0 Å². The summed E-state index contributed by atoms with van der Waals surface area (Å²) in [6, 6.07) is 0. The molecule has 0 aliphatic rings. The molecule has 0 rings (SSSR count). The van der Waals surface area contributed by atoms with Gasteiger partial charge in [-0.25, -0.2) is 0 Å². The Labute approximate surface area is 303 Å². The number of halogens is 1. The van der Waals surface area contributed by atoms with Crippen LogP contribution >= 0.6 is 17.0 Å². The van der Waals surface area contributed by atoms with Crippen LogP contribution in [0.1, 0.15) is 200 Å². The maximum Gasteiger partial charge on any atom is 0.308 e. The lowest BCUT2D eigenvalue weighted by Gasteiger charge is -2.20. The number of hydrogen-bond donors (Lipinski definition) is 0. The lowest BCUT2D eigenvalue weighted by molar-refractivity contribution is -0.189. The van der Waals surface area contributed by atoms with E-state index in [9.17, 15) is 9.59 Å². The summed E-state index contributed by atoms with van der Waals surface area (Å²) in [5.74, 6) is -0.509. The molecule has 0 aliphatic carbocycles. The number of unbranched alkanes of at least 4 members (excludes halogenated alkanes) is 22. The van der Waals surface area contributed by atoms with Gasteiger partial charge in [-0.3, -0.25) is 9.59 Å². The van der Waals surface area contributed by atoms with E-state index in [0.717, 1.165) is 51.4 Å². The first-order valence-electron chi connectivity index (χ1n) is 19.8. The highest BCUT2D eigenvalue weighted by Gasteiger charge is 2.19. The molecule has 0 atom stereocenters. The fourth-order valence-corrected chi connectivity index (χ4v) is 5.60. The van der Waals surface area contributed by atoms with Gasteiger partial charge in [-0.15, -0.1) is 17.0 Å². The third-order valence-corrected chi connectivity index (χ3v) is 8.62. The van der Waals surface area contributed by atoms with Crippen molar-refractivity contribution in [2.75, 3.05) is 20.6 Å². The summed E-state index contributed by atoms with van der Waals surface area (Å²) >= 11 is 0. The number of esters is 2. The lowest BCUT2D eigenvalue weighted by Crippen LogP contribution is -2.28. The van der Waals surface area contributed by atoms with Gasteiger partial charge in [0.15, 0.2) is 0 Å². The van der Waals surface area contributed by atoms with Crippen molar-refractivity contribution in [1.82, 2.24) is 4.90 Å². The number of nitrogens with zero attached hydrogens (tertiary/aromatic N) is 1. The maximum atomic E-state index is 12.5. The predicted octanol–water partition coefficient (Wildman–Crippen LogP) is 13.0. The van der Waals surface area contributed by atoms with Gasteiger partial charge in [-0.05, 0) is 78.3 Å². The molecule has 0 aromatic carbocycles. The van der Waals surface area contributed by atoms with Gasteiger partial charge in [-0.2, -0.15) is 0 Å². The van der Waals surface area contributed by atoms with E-state index in [4.69, 9.17) is 9.47 Å². The smallest absolute Gasteiger partial charge is 0.308 e. The first kappa shape index (κ1) is 48.0. The molecule has 5 nitrogen and oxygen atoms in total. The molecule has 0 spiro atoms. The lowest BCUT2D eigenvalue weighted by atomic mass is 10.1. The number of allylic oxidation sites excluding steroid dienone is 4. The summed E-state index contributed by atoms with van der Waals surface area (Å²) in [6.45, 7) is 5.23. The summed E-state index contributed by atoms with van der Waals surface area (Å²) in [5, 5.41) is 0. The molecule has 6 heteroatoms. The van der Waals surface area contributed by atoms with E-state index >= 15 is 0 Å². The molecule has 0 heterocycles. The average molecular weight is 729 g/mol. The zero-order chi connectivity index (χ0) is 33.8. The molecule has 47 heavy (non-hydrogen) atoms. The van der Waals surface area contributed by atoms with Crippen LogP contribution in [-0.2, 0) is 19.1 Å². The van der Waals surface area contributed by atoms with Crippen molar-refractivity contribution in [3.05, 3.63) is 24.3 Å².